The Morgan fingerprint density at radius 1 is 1.24 bits per heavy atom. The second-order valence-electron chi connectivity index (χ2n) is 6.92. The number of nitrogens with one attached hydrogen (secondary N) is 1. The highest BCUT2D eigenvalue weighted by molar-refractivity contribution is 5.82. The molecule has 25 heavy (non-hydrogen) atoms. The van der Waals surface area contributed by atoms with Crippen molar-refractivity contribution in [3.8, 4) is 0 Å². The lowest BCUT2D eigenvalue weighted by atomic mass is 9.91. The number of fused-ring (bicyclic) bond motifs is 1. The zero-order valence-electron chi connectivity index (χ0n) is 14.6. The Hall–Kier alpha value is -2.28. The van der Waals surface area contributed by atoms with Crippen molar-refractivity contribution in [2.45, 2.75) is 44.7 Å². The summed E-state index contributed by atoms with van der Waals surface area (Å²) in [6.07, 6.45) is 2.62. The minimum Gasteiger partial charge on any atom is -0.341 e. The van der Waals surface area contributed by atoms with Gasteiger partial charge < -0.3 is 4.90 Å². The minimum absolute atomic E-state index is 0.0402. The number of rotatable bonds is 3. The molecule has 1 saturated heterocycles. The average molecular weight is 340 g/mol. The van der Waals surface area contributed by atoms with Crippen LogP contribution in [0.4, 0.5) is 0 Å². The van der Waals surface area contributed by atoms with Gasteiger partial charge in [-0.2, -0.15) is 5.21 Å². The van der Waals surface area contributed by atoms with Gasteiger partial charge in [0.2, 0.25) is 5.91 Å². The van der Waals surface area contributed by atoms with Crippen LogP contribution in [-0.2, 0) is 17.8 Å². The number of aromatic nitrogens is 4. The molecule has 1 N–H and O–H groups in total. The average Bonchev–Trinajstić information content (AvgIpc) is 3.21. The van der Waals surface area contributed by atoms with Gasteiger partial charge in [-0.25, -0.2) is 0 Å². The highest BCUT2D eigenvalue weighted by atomic mass is 16.2. The van der Waals surface area contributed by atoms with E-state index in [-0.39, 0.29) is 11.9 Å². The molecule has 2 aliphatic heterocycles. The third-order valence-corrected chi connectivity index (χ3v) is 5.57. The Kier molecular flexibility index (Phi) is 4.48. The molecule has 4 rings (SSSR count). The molecule has 3 heterocycles. The molecule has 0 bridgehead atoms. The van der Waals surface area contributed by atoms with Crippen LogP contribution in [0.15, 0.2) is 24.3 Å². The summed E-state index contributed by atoms with van der Waals surface area (Å²) in [6, 6.07) is 8.44. The molecule has 132 valence electrons. The molecule has 1 unspecified atom stereocenters. The zero-order chi connectivity index (χ0) is 17.2. The number of benzene rings is 1. The third kappa shape index (κ3) is 3.16. The number of hydrogen-bond acceptors (Lipinski definition) is 5. The number of likely N-dealkylation sites (N-methyl/N-ethyl adjacent to an activating group) is 1. The summed E-state index contributed by atoms with van der Waals surface area (Å²) in [5, 5.41) is 14.3. The number of tetrazole rings is 1. The maximum Gasteiger partial charge on any atom is 0.240 e. The van der Waals surface area contributed by atoms with Crippen LogP contribution in [0.5, 0.6) is 0 Å². The molecule has 0 spiro atoms. The largest absolute Gasteiger partial charge is 0.341 e. The van der Waals surface area contributed by atoms with Gasteiger partial charge in [-0.1, -0.05) is 36.4 Å². The smallest absolute Gasteiger partial charge is 0.240 e. The molecule has 1 atom stereocenters. The highest BCUT2D eigenvalue weighted by Crippen LogP contribution is 2.28. The predicted molar refractivity (Wildman–Crippen MR) is 92.8 cm³/mol. The van der Waals surface area contributed by atoms with E-state index in [1.165, 1.54) is 11.1 Å². The number of nitrogens with zero attached hydrogens (tertiary/aromatic N) is 5. The third-order valence-electron chi connectivity index (χ3n) is 5.57. The van der Waals surface area contributed by atoms with E-state index >= 15 is 0 Å². The number of H-pyrrole nitrogens is 1. The van der Waals surface area contributed by atoms with Gasteiger partial charge in [-0.3, -0.25) is 9.69 Å². The molecule has 2 aromatic rings. The number of aromatic amines is 1. The Morgan fingerprint density at radius 2 is 2.00 bits per heavy atom. The van der Waals surface area contributed by atoms with Crippen LogP contribution >= 0.6 is 0 Å². The topological polar surface area (TPSA) is 78.0 Å². The Morgan fingerprint density at radius 3 is 2.68 bits per heavy atom. The maximum absolute atomic E-state index is 13.2. The summed E-state index contributed by atoms with van der Waals surface area (Å²) in [6.45, 7) is 5.44. The van der Waals surface area contributed by atoms with Crippen molar-refractivity contribution < 1.29 is 4.79 Å². The van der Waals surface area contributed by atoms with E-state index in [9.17, 15) is 4.79 Å². The molecule has 0 aliphatic carbocycles. The van der Waals surface area contributed by atoms with Crippen molar-refractivity contribution >= 4 is 5.91 Å². The van der Waals surface area contributed by atoms with Gasteiger partial charge in [-0.05, 0) is 36.9 Å². The van der Waals surface area contributed by atoms with Gasteiger partial charge in [0.05, 0.1) is 6.04 Å². The van der Waals surface area contributed by atoms with Gasteiger partial charge in [-0.15, -0.1) is 10.2 Å². The summed E-state index contributed by atoms with van der Waals surface area (Å²) >= 11 is 0. The van der Waals surface area contributed by atoms with E-state index in [0.29, 0.717) is 5.92 Å². The lowest BCUT2D eigenvalue weighted by molar-refractivity contribution is -0.138. The first-order valence-corrected chi connectivity index (χ1v) is 9.09. The van der Waals surface area contributed by atoms with Gasteiger partial charge in [0.15, 0.2) is 5.82 Å². The molecular weight excluding hydrogens is 316 g/mol. The fourth-order valence-electron chi connectivity index (χ4n) is 4.06. The highest BCUT2D eigenvalue weighted by Gasteiger charge is 2.35. The molecule has 0 saturated carbocycles. The Bertz CT molecular complexity index is 723. The monoisotopic (exact) mass is 340 g/mol. The number of carbonyl (C=O) groups is 1. The molecule has 7 nitrogen and oxygen atoms in total. The van der Waals surface area contributed by atoms with E-state index in [1.54, 1.807) is 0 Å². The summed E-state index contributed by atoms with van der Waals surface area (Å²) in [7, 11) is 0. The van der Waals surface area contributed by atoms with Crippen LogP contribution in [0.25, 0.3) is 0 Å². The van der Waals surface area contributed by atoms with E-state index in [0.717, 1.165) is 51.3 Å². The first-order valence-electron chi connectivity index (χ1n) is 9.09. The number of piperidine rings is 1. The van der Waals surface area contributed by atoms with Crippen LogP contribution in [0.3, 0.4) is 0 Å². The Balaban J connectivity index is 1.44. The van der Waals surface area contributed by atoms with Crippen molar-refractivity contribution in [3.05, 3.63) is 41.2 Å². The lowest BCUT2D eigenvalue weighted by Gasteiger charge is -2.40. The standard InChI is InChI=1S/C18H24N6O/c1-2-23-12-15-6-4-3-5-14(15)11-16(23)18(25)24-9-7-13(8-10-24)17-19-21-22-20-17/h3-6,13,16H,2,7-12H2,1H3,(H,19,20,21,22). The van der Waals surface area contributed by atoms with Crippen LogP contribution < -0.4 is 0 Å². The molecule has 2 aliphatic rings. The quantitative estimate of drug-likeness (QED) is 0.913. The van der Waals surface area contributed by atoms with E-state index in [1.807, 2.05) is 4.90 Å². The van der Waals surface area contributed by atoms with Crippen molar-refractivity contribution in [1.82, 2.24) is 30.4 Å². The van der Waals surface area contributed by atoms with Crippen molar-refractivity contribution in [1.29, 1.82) is 0 Å². The van der Waals surface area contributed by atoms with E-state index in [2.05, 4.69) is 56.7 Å². The van der Waals surface area contributed by atoms with Crippen LogP contribution in [0.1, 0.15) is 42.6 Å². The summed E-state index contributed by atoms with van der Waals surface area (Å²) in [4.78, 5) is 17.5. The number of carbonyl (C=O) groups excluding carboxylic acids is 1. The lowest BCUT2D eigenvalue weighted by Crippen LogP contribution is -2.53. The van der Waals surface area contributed by atoms with Crippen LogP contribution in [-0.4, -0.2) is 62.0 Å². The van der Waals surface area contributed by atoms with E-state index in [4.69, 9.17) is 0 Å². The molecule has 1 aromatic carbocycles. The van der Waals surface area contributed by atoms with Crippen LogP contribution in [0, 0.1) is 0 Å². The molecular formula is C18H24N6O. The van der Waals surface area contributed by atoms with Gasteiger partial charge >= 0.3 is 0 Å². The maximum atomic E-state index is 13.2. The van der Waals surface area contributed by atoms with E-state index < -0.39 is 0 Å². The van der Waals surface area contributed by atoms with Crippen molar-refractivity contribution in [3.63, 3.8) is 0 Å². The molecule has 0 radical (unpaired) electrons. The predicted octanol–water partition coefficient (Wildman–Crippen LogP) is 1.35. The second kappa shape index (κ2) is 6.92. The van der Waals surface area contributed by atoms with Gasteiger partial charge in [0.1, 0.15) is 0 Å². The molecule has 7 heteroatoms. The minimum atomic E-state index is -0.0402. The van der Waals surface area contributed by atoms with Gasteiger partial charge in [0, 0.05) is 25.6 Å². The number of hydrogen-bond donors (Lipinski definition) is 1. The normalized spacial score (nSPS) is 22.0. The van der Waals surface area contributed by atoms with Crippen molar-refractivity contribution in [2.75, 3.05) is 19.6 Å². The molecule has 1 aromatic heterocycles. The summed E-state index contributed by atoms with van der Waals surface area (Å²) in [5.74, 6) is 1.34. The first-order chi connectivity index (χ1) is 12.3. The van der Waals surface area contributed by atoms with Crippen LogP contribution in [0.2, 0.25) is 0 Å². The number of likely N-dealkylation sites (tertiary alicyclic amines) is 1. The first kappa shape index (κ1) is 16.2. The van der Waals surface area contributed by atoms with Crippen molar-refractivity contribution in [2.24, 2.45) is 0 Å². The molecule has 1 amide bonds. The fourth-order valence-corrected chi connectivity index (χ4v) is 4.06. The molecule has 1 fully saturated rings. The fraction of sp³-hybridized carbons (Fsp3) is 0.556. The van der Waals surface area contributed by atoms with Gasteiger partial charge in [0.25, 0.3) is 0 Å². The Labute approximate surface area is 147 Å². The second-order valence-corrected chi connectivity index (χ2v) is 6.92. The number of amides is 1. The SMILES string of the molecule is CCN1Cc2ccccc2CC1C(=O)N1CCC(c2nn[nH]n2)CC1. The summed E-state index contributed by atoms with van der Waals surface area (Å²) < 4.78 is 0. The zero-order valence-corrected chi connectivity index (χ0v) is 14.6. The summed E-state index contributed by atoms with van der Waals surface area (Å²) in [5.41, 5.74) is 2.66.